The smallest absolute Gasteiger partial charge is 0.416 e. The summed E-state index contributed by atoms with van der Waals surface area (Å²) in [6.07, 6.45) is -3.32. The third-order valence-electron chi connectivity index (χ3n) is 5.01. The number of methoxy groups -OCH3 is 1. The summed E-state index contributed by atoms with van der Waals surface area (Å²) in [6.45, 7) is 1.48. The summed E-state index contributed by atoms with van der Waals surface area (Å²) in [6, 6.07) is 11.6. The zero-order valence-electron chi connectivity index (χ0n) is 17.4. The number of halogens is 3. The first-order valence-electron chi connectivity index (χ1n) is 9.70. The van der Waals surface area contributed by atoms with Gasteiger partial charge in [0.2, 0.25) is 0 Å². The molecule has 0 amide bonds. The molecule has 0 saturated carbocycles. The lowest BCUT2D eigenvalue weighted by Gasteiger charge is -2.19. The molecule has 4 aromatic rings. The molecule has 0 N–H and O–H groups in total. The number of imidazole rings is 1. The number of thiophene rings is 1. The number of benzene rings is 2. The Hall–Kier alpha value is -3.66. The van der Waals surface area contributed by atoms with E-state index in [0.717, 1.165) is 17.4 Å². The summed E-state index contributed by atoms with van der Waals surface area (Å²) in [7, 11) is 1.21. The van der Waals surface area contributed by atoms with Crippen LogP contribution in [0.4, 0.5) is 13.2 Å². The Labute approximate surface area is 190 Å². The number of esters is 1. The van der Waals surface area contributed by atoms with Crippen molar-refractivity contribution in [3.8, 4) is 10.8 Å². The van der Waals surface area contributed by atoms with E-state index in [1.807, 2.05) is 0 Å². The average molecular weight is 474 g/mol. The largest absolute Gasteiger partial charge is 0.484 e. The molecule has 0 bridgehead atoms. The second kappa shape index (κ2) is 8.70. The molecule has 0 aliphatic heterocycles. The van der Waals surface area contributed by atoms with E-state index in [4.69, 9.17) is 9.47 Å². The van der Waals surface area contributed by atoms with Crippen LogP contribution in [0.5, 0.6) is 5.75 Å². The van der Waals surface area contributed by atoms with E-state index in [1.165, 1.54) is 38.6 Å². The van der Waals surface area contributed by atoms with Gasteiger partial charge in [-0.3, -0.25) is 9.36 Å². The molecule has 10 heteroatoms. The van der Waals surface area contributed by atoms with Crippen LogP contribution in [-0.4, -0.2) is 28.9 Å². The number of ether oxygens (including phenoxy) is 2. The van der Waals surface area contributed by atoms with Crippen LogP contribution in [-0.2, 0) is 10.9 Å². The molecule has 0 aliphatic carbocycles. The normalized spacial score (nSPS) is 12.5. The predicted molar refractivity (Wildman–Crippen MR) is 116 cm³/mol. The minimum absolute atomic E-state index is 0.0581. The Morgan fingerprint density at radius 3 is 2.64 bits per heavy atom. The Kier molecular flexibility index (Phi) is 5.94. The molecule has 0 saturated heterocycles. The fraction of sp³-hybridized carbons (Fsp3) is 0.174. The summed E-state index contributed by atoms with van der Waals surface area (Å²) in [5, 5.41) is 0.521. The highest BCUT2D eigenvalue weighted by Crippen LogP contribution is 2.39. The molecule has 2 aromatic carbocycles. The Bertz CT molecular complexity index is 1340. The number of rotatable bonds is 6. The molecule has 1 atom stereocenters. The van der Waals surface area contributed by atoms with Crippen LogP contribution in [0.2, 0.25) is 0 Å². The number of hydrogen-bond donors (Lipinski definition) is 0. The van der Waals surface area contributed by atoms with Gasteiger partial charge in [0.15, 0.2) is 4.88 Å². The Morgan fingerprint density at radius 2 is 1.94 bits per heavy atom. The van der Waals surface area contributed by atoms with Crippen molar-refractivity contribution < 1.29 is 32.2 Å². The van der Waals surface area contributed by atoms with E-state index < -0.39 is 23.8 Å². The molecule has 4 rings (SSSR count). The number of carbonyl (C=O) groups excluding carboxylic acids is 2. The first-order valence-corrected chi connectivity index (χ1v) is 10.5. The van der Waals surface area contributed by atoms with Crippen LogP contribution in [0.25, 0.3) is 16.0 Å². The first kappa shape index (κ1) is 22.5. The summed E-state index contributed by atoms with van der Waals surface area (Å²) in [4.78, 5) is 27.9. The standard InChI is InChI=1S/C23H17F3N2O4S/c1-13(15-5-3-4-6-16(15)23(24,25)26)32-19-10-20(33-21(19)22(30)31-2)28-12-27-17-8-7-14(11-29)9-18(17)28/h3-13H,1-2H3/t13-/m1/s1. The third-order valence-corrected chi connectivity index (χ3v) is 6.10. The van der Waals surface area contributed by atoms with Gasteiger partial charge in [0.25, 0.3) is 0 Å². The lowest BCUT2D eigenvalue weighted by molar-refractivity contribution is -0.139. The molecule has 33 heavy (non-hydrogen) atoms. The van der Waals surface area contributed by atoms with Crippen LogP contribution >= 0.6 is 11.3 Å². The molecule has 0 radical (unpaired) electrons. The van der Waals surface area contributed by atoms with Crippen LogP contribution in [0, 0.1) is 0 Å². The topological polar surface area (TPSA) is 70.4 Å². The van der Waals surface area contributed by atoms with Gasteiger partial charge in [-0.2, -0.15) is 13.2 Å². The summed E-state index contributed by atoms with van der Waals surface area (Å²) < 4.78 is 52.7. The second-order valence-corrected chi connectivity index (χ2v) is 8.13. The first-order chi connectivity index (χ1) is 15.7. The number of aromatic nitrogens is 2. The van der Waals surface area contributed by atoms with Gasteiger partial charge in [-0.1, -0.05) is 18.2 Å². The van der Waals surface area contributed by atoms with Crippen molar-refractivity contribution in [1.29, 1.82) is 0 Å². The third kappa shape index (κ3) is 4.34. The van der Waals surface area contributed by atoms with E-state index in [9.17, 15) is 22.8 Å². The summed E-state index contributed by atoms with van der Waals surface area (Å²) >= 11 is 1.04. The van der Waals surface area contributed by atoms with Crippen molar-refractivity contribution in [2.45, 2.75) is 19.2 Å². The molecule has 170 valence electrons. The molecule has 0 unspecified atom stereocenters. The molecule has 0 aliphatic rings. The van der Waals surface area contributed by atoms with Gasteiger partial charge in [0, 0.05) is 17.2 Å². The number of hydrogen-bond acceptors (Lipinski definition) is 6. The summed E-state index contributed by atoms with van der Waals surface area (Å²) in [5.41, 5.74) is 0.831. The highest BCUT2D eigenvalue weighted by atomic mass is 32.1. The van der Waals surface area contributed by atoms with Gasteiger partial charge in [0.1, 0.15) is 29.5 Å². The van der Waals surface area contributed by atoms with E-state index in [1.54, 1.807) is 28.8 Å². The maximum Gasteiger partial charge on any atom is 0.416 e. The Morgan fingerprint density at radius 1 is 1.18 bits per heavy atom. The van der Waals surface area contributed by atoms with Crippen LogP contribution in [0.1, 0.15) is 44.2 Å². The van der Waals surface area contributed by atoms with Crippen molar-refractivity contribution in [2.75, 3.05) is 7.11 Å². The van der Waals surface area contributed by atoms with Crippen molar-refractivity contribution in [1.82, 2.24) is 9.55 Å². The van der Waals surface area contributed by atoms with Gasteiger partial charge >= 0.3 is 12.1 Å². The predicted octanol–water partition coefficient (Wildman–Crippen LogP) is 5.84. The average Bonchev–Trinajstić information content (AvgIpc) is 3.41. The highest BCUT2D eigenvalue weighted by molar-refractivity contribution is 7.16. The lowest BCUT2D eigenvalue weighted by atomic mass is 10.0. The van der Waals surface area contributed by atoms with E-state index in [-0.39, 0.29) is 16.2 Å². The minimum atomic E-state index is -4.55. The molecular formula is C23H17F3N2O4S. The van der Waals surface area contributed by atoms with Gasteiger partial charge in [-0.15, -0.1) is 11.3 Å². The SMILES string of the molecule is COC(=O)c1sc(-n2cnc3ccc(C=O)cc32)cc1O[C@H](C)c1ccccc1C(F)(F)F. The van der Waals surface area contributed by atoms with Crippen molar-refractivity contribution >= 4 is 34.6 Å². The van der Waals surface area contributed by atoms with Gasteiger partial charge in [-0.25, -0.2) is 9.78 Å². The van der Waals surface area contributed by atoms with Gasteiger partial charge < -0.3 is 9.47 Å². The lowest BCUT2D eigenvalue weighted by Crippen LogP contribution is -2.14. The van der Waals surface area contributed by atoms with Gasteiger partial charge in [-0.05, 0) is 31.2 Å². The van der Waals surface area contributed by atoms with Crippen molar-refractivity contribution in [3.63, 3.8) is 0 Å². The quantitative estimate of drug-likeness (QED) is 0.259. The van der Waals surface area contributed by atoms with Crippen molar-refractivity contribution in [3.05, 3.63) is 76.4 Å². The van der Waals surface area contributed by atoms with Gasteiger partial charge in [0.05, 0.1) is 23.7 Å². The van der Waals surface area contributed by atoms with Crippen molar-refractivity contribution in [2.24, 2.45) is 0 Å². The monoisotopic (exact) mass is 474 g/mol. The van der Waals surface area contributed by atoms with E-state index in [0.29, 0.717) is 27.9 Å². The molecule has 2 heterocycles. The fourth-order valence-corrected chi connectivity index (χ4v) is 4.43. The zero-order chi connectivity index (χ0) is 23.8. The van der Waals surface area contributed by atoms with E-state index in [2.05, 4.69) is 4.98 Å². The zero-order valence-corrected chi connectivity index (χ0v) is 18.2. The highest BCUT2D eigenvalue weighted by Gasteiger charge is 2.35. The number of nitrogens with zero attached hydrogens (tertiary/aromatic N) is 2. The molecule has 2 aromatic heterocycles. The number of aldehydes is 1. The number of fused-ring (bicyclic) bond motifs is 1. The minimum Gasteiger partial charge on any atom is -0.484 e. The molecule has 0 fully saturated rings. The molecule has 6 nitrogen and oxygen atoms in total. The molecular weight excluding hydrogens is 457 g/mol. The fourth-order valence-electron chi connectivity index (χ4n) is 3.44. The van der Waals surface area contributed by atoms with E-state index >= 15 is 0 Å². The maximum absolute atomic E-state index is 13.4. The summed E-state index contributed by atoms with van der Waals surface area (Å²) in [5.74, 6) is -0.602. The van der Waals surface area contributed by atoms with Crippen LogP contribution in [0.15, 0.2) is 54.9 Å². The van der Waals surface area contributed by atoms with Crippen LogP contribution in [0.3, 0.4) is 0 Å². The number of carbonyl (C=O) groups is 2. The second-order valence-electron chi connectivity index (χ2n) is 7.10. The Balaban J connectivity index is 1.76. The maximum atomic E-state index is 13.4. The molecule has 0 spiro atoms. The van der Waals surface area contributed by atoms with Crippen LogP contribution < -0.4 is 4.74 Å². The number of alkyl halides is 3.